The molecular formula is C10H11ClFNO2. The van der Waals surface area contributed by atoms with Gasteiger partial charge in [0.25, 0.3) is 0 Å². The number of halogens is 2. The molecule has 0 spiro atoms. The number of hydrogen-bond acceptors (Lipinski definition) is 1. The van der Waals surface area contributed by atoms with Gasteiger partial charge in [0.2, 0.25) is 0 Å². The van der Waals surface area contributed by atoms with E-state index in [9.17, 15) is 9.18 Å². The Balaban J connectivity index is 2.58. The molecule has 3 nitrogen and oxygen atoms in total. The number of carbonyl (C=O) groups is 1. The fraction of sp³-hybridized carbons (Fsp3) is 0.300. The molecule has 1 amide bonds. The van der Waals surface area contributed by atoms with Crippen LogP contribution in [0.4, 0.5) is 9.18 Å². The van der Waals surface area contributed by atoms with Crippen LogP contribution < -0.4 is 0 Å². The molecular weight excluding hydrogens is 221 g/mol. The van der Waals surface area contributed by atoms with Crippen LogP contribution in [0.25, 0.3) is 0 Å². The van der Waals surface area contributed by atoms with Crippen molar-refractivity contribution < 1.29 is 14.3 Å². The summed E-state index contributed by atoms with van der Waals surface area (Å²) in [5.74, 6) is -0.466. The first-order valence-corrected chi connectivity index (χ1v) is 4.76. The highest BCUT2D eigenvalue weighted by Gasteiger charge is 2.06. The minimum absolute atomic E-state index is 0.0606. The second-order valence-electron chi connectivity index (χ2n) is 3.20. The van der Waals surface area contributed by atoms with Crippen LogP contribution in [0.2, 0.25) is 5.02 Å². The Morgan fingerprint density at radius 2 is 2.27 bits per heavy atom. The molecule has 1 aromatic rings. The Morgan fingerprint density at radius 3 is 2.80 bits per heavy atom. The third-order valence-corrected chi connectivity index (χ3v) is 2.34. The highest BCUT2D eigenvalue weighted by Crippen LogP contribution is 2.16. The maximum absolute atomic E-state index is 12.8. The molecule has 0 saturated carbocycles. The van der Waals surface area contributed by atoms with Gasteiger partial charge in [0.05, 0.1) is 5.02 Å². The van der Waals surface area contributed by atoms with Gasteiger partial charge in [0.15, 0.2) is 0 Å². The van der Waals surface area contributed by atoms with E-state index in [-0.39, 0.29) is 5.02 Å². The van der Waals surface area contributed by atoms with E-state index in [2.05, 4.69) is 0 Å². The molecule has 0 radical (unpaired) electrons. The molecule has 0 bridgehead atoms. The predicted octanol–water partition coefficient (Wildman–Crippen LogP) is 2.63. The Labute approximate surface area is 92.1 Å². The molecule has 0 aliphatic heterocycles. The predicted molar refractivity (Wildman–Crippen MR) is 55.8 cm³/mol. The maximum Gasteiger partial charge on any atom is 0.407 e. The van der Waals surface area contributed by atoms with E-state index in [0.717, 1.165) is 10.5 Å². The normalized spacial score (nSPS) is 10.1. The van der Waals surface area contributed by atoms with Crippen molar-refractivity contribution in [3.8, 4) is 0 Å². The fourth-order valence-corrected chi connectivity index (χ4v) is 1.29. The average molecular weight is 232 g/mol. The van der Waals surface area contributed by atoms with Gasteiger partial charge in [-0.05, 0) is 24.1 Å². The number of likely N-dealkylation sites (N-methyl/N-ethyl adjacent to an activating group) is 1. The zero-order valence-electron chi connectivity index (χ0n) is 8.20. The van der Waals surface area contributed by atoms with Gasteiger partial charge in [-0.3, -0.25) is 0 Å². The van der Waals surface area contributed by atoms with Crippen LogP contribution in [0.15, 0.2) is 18.2 Å². The van der Waals surface area contributed by atoms with Gasteiger partial charge in [-0.15, -0.1) is 0 Å². The second-order valence-corrected chi connectivity index (χ2v) is 3.61. The van der Waals surface area contributed by atoms with Crippen LogP contribution in [-0.2, 0) is 6.42 Å². The van der Waals surface area contributed by atoms with Crippen LogP contribution in [0, 0.1) is 5.82 Å². The lowest BCUT2D eigenvalue weighted by Crippen LogP contribution is -2.26. The standard InChI is InChI=1S/C10H11ClFNO2/c1-13(10(14)15)5-4-7-2-3-9(12)8(11)6-7/h2-3,6H,4-5H2,1H3,(H,14,15). The van der Waals surface area contributed by atoms with Crippen LogP contribution in [-0.4, -0.2) is 29.7 Å². The maximum atomic E-state index is 12.8. The van der Waals surface area contributed by atoms with Gasteiger partial charge in [-0.1, -0.05) is 17.7 Å². The summed E-state index contributed by atoms with van der Waals surface area (Å²) in [6.07, 6.45) is -0.466. The number of benzene rings is 1. The fourth-order valence-electron chi connectivity index (χ4n) is 1.09. The molecule has 1 N–H and O–H groups in total. The number of carboxylic acid groups (broad SMARTS) is 1. The summed E-state index contributed by atoms with van der Waals surface area (Å²) in [4.78, 5) is 11.6. The molecule has 5 heteroatoms. The molecule has 1 aromatic carbocycles. The molecule has 82 valence electrons. The lowest BCUT2D eigenvalue weighted by molar-refractivity contribution is 0.156. The molecule has 1 rings (SSSR count). The van der Waals surface area contributed by atoms with Crippen molar-refractivity contribution in [2.24, 2.45) is 0 Å². The zero-order chi connectivity index (χ0) is 11.4. The lowest BCUT2D eigenvalue weighted by Gasteiger charge is -2.12. The summed E-state index contributed by atoms with van der Waals surface area (Å²) in [7, 11) is 1.48. The molecule has 0 unspecified atom stereocenters. The van der Waals surface area contributed by atoms with E-state index in [4.69, 9.17) is 16.7 Å². The quantitative estimate of drug-likeness (QED) is 0.869. The first-order chi connectivity index (χ1) is 7.00. The molecule has 0 heterocycles. The van der Waals surface area contributed by atoms with Gasteiger partial charge >= 0.3 is 6.09 Å². The third kappa shape index (κ3) is 3.40. The molecule has 0 aromatic heterocycles. The summed E-state index contributed by atoms with van der Waals surface area (Å²) in [5.41, 5.74) is 0.814. The highest BCUT2D eigenvalue weighted by atomic mass is 35.5. The first kappa shape index (κ1) is 11.8. The van der Waals surface area contributed by atoms with Crippen molar-refractivity contribution in [2.75, 3.05) is 13.6 Å². The summed E-state index contributed by atoms with van der Waals surface area (Å²) in [6.45, 7) is 0.358. The van der Waals surface area contributed by atoms with Crippen LogP contribution in [0.5, 0.6) is 0 Å². The smallest absolute Gasteiger partial charge is 0.407 e. The Morgan fingerprint density at radius 1 is 1.60 bits per heavy atom. The van der Waals surface area contributed by atoms with Crippen molar-refractivity contribution in [1.82, 2.24) is 4.90 Å². The molecule has 15 heavy (non-hydrogen) atoms. The summed E-state index contributed by atoms with van der Waals surface area (Å²) in [5, 5.41) is 8.66. The largest absolute Gasteiger partial charge is 0.465 e. The van der Waals surface area contributed by atoms with Gasteiger partial charge in [-0.25, -0.2) is 9.18 Å². The van der Waals surface area contributed by atoms with E-state index in [1.165, 1.54) is 19.2 Å². The third-order valence-electron chi connectivity index (χ3n) is 2.05. The summed E-state index contributed by atoms with van der Waals surface area (Å²) < 4.78 is 12.8. The Bertz CT molecular complexity index is 370. The van der Waals surface area contributed by atoms with Crippen molar-refractivity contribution in [3.05, 3.63) is 34.6 Å². The minimum Gasteiger partial charge on any atom is -0.465 e. The minimum atomic E-state index is -0.983. The SMILES string of the molecule is CN(CCc1ccc(F)c(Cl)c1)C(=O)O. The van der Waals surface area contributed by atoms with E-state index in [1.807, 2.05) is 0 Å². The van der Waals surface area contributed by atoms with Crippen LogP contribution in [0.3, 0.4) is 0 Å². The summed E-state index contributed by atoms with van der Waals surface area (Å²) >= 11 is 5.59. The van der Waals surface area contributed by atoms with Crippen molar-refractivity contribution in [1.29, 1.82) is 0 Å². The second kappa shape index (κ2) is 4.98. The van der Waals surface area contributed by atoms with Crippen molar-refractivity contribution in [3.63, 3.8) is 0 Å². The van der Waals surface area contributed by atoms with Gasteiger partial charge in [-0.2, -0.15) is 0 Å². The number of amides is 1. The lowest BCUT2D eigenvalue weighted by atomic mass is 10.1. The highest BCUT2D eigenvalue weighted by molar-refractivity contribution is 6.30. The first-order valence-electron chi connectivity index (χ1n) is 4.38. The number of nitrogens with zero attached hydrogens (tertiary/aromatic N) is 1. The molecule has 0 saturated heterocycles. The number of rotatable bonds is 3. The zero-order valence-corrected chi connectivity index (χ0v) is 8.96. The molecule has 0 aliphatic rings. The van der Waals surface area contributed by atoms with Crippen molar-refractivity contribution in [2.45, 2.75) is 6.42 Å². The monoisotopic (exact) mass is 231 g/mol. The van der Waals surface area contributed by atoms with E-state index in [0.29, 0.717) is 13.0 Å². The van der Waals surface area contributed by atoms with Crippen molar-refractivity contribution >= 4 is 17.7 Å². The van der Waals surface area contributed by atoms with Gasteiger partial charge in [0, 0.05) is 13.6 Å². The molecule has 0 fully saturated rings. The van der Waals surface area contributed by atoms with Crippen LogP contribution >= 0.6 is 11.6 Å². The summed E-state index contributed by atoms with van der Waals surface area (Å²) in [6, 6.07) is 4.38. The number of hydrogen-bond donors (Lipinski definition) is 1. The van der Waals surface area contributed by atoms with Gasteiger partial charge in [0.1, 0.15) is 5.82 Å². The molecule has 0 aliphatic carbocycles. The van der Waals surface area contributed by atoms with E-state index in [1.54, 1.807) is 6.07 Å². The topological polar surface area (TPSA) is 40.5 Å². The Kier molecular flexibility index (Phi) is 3.91. The average Bonchev–Trinajstić information content (AvgIpc) is 2.19. The van der Waals surface area contributed by atoms with E-state index >= 15 is 0 Å². The van der Waals surface area contributed by atoms with Gasteiger partial charge < -0.3 is 10.0 Å². The Hall–Kier alpha value is -1.29. The molecule has 0 atom stereocenters. The van der Waals surface area contributed by atoms with E-state index < -0.39 is 11.9 Å². The van der Waals surface area contributed by atoms with Crippen LogP contribution in [0.1, 0.15) is 5.56 Å².